The fourth-order valence-electron chi connectivity index (χ4n) is 0.711. The molecule has 3 nitrogen and oxygen atoms in total. The molecule has 2 N–H and O–H groups in total. The van der Waals surface area contributed by atoms with Crippen LogP contribution in [0.5, 0.6) is 0 Å². The molecular weight excluding hydrogens is 104 g/mol. The summed E-state index contributed by atoms with van der Waals surface area (Å²) < 4.78 is 7.02. The molecule has 0 unspecified atom stereocenters. The van der Waals surface area contributed by atoms with Crippen LogP contribution in [0.25, 0.3) is 0 Å². The Kier molecular flexibility index (Phi) is 1.86. The predicted octanol–water partition coefficient (Wildman–Crippen LogP) is -0.984. The van der Waals surface area contributed by atoms with E-state index in [1.807, 2.05) is 0 Å². The lowest BCUT2D eigenvalue weighted by molar-refractivity contribution is -0.511. The Morgan fingerprint density at radius 2 is 2.62 bits per heavy atom. The summed E-state index contributed by atoms with van der Waals surface area (Å²) in [5.41, 5.74) is 5.29. The van der Waals surface area contributed by atoms with Crippen LogP contribution in [0.2, 0.25) is 0 Å². The Morgan fingerprint density at radius 1 is 1.75 bits per heavy atom. The molecule has 0 bridgehead atoms. The number of nitrogens with zero attached hydrogens (tertiary/aromatic N) is 1. The summed E-state index contributed by atoms with van der Waals surface area (Å²) >= 11 is 0. The second kappa shape index (κ2) is 2.67. The fourth-order valence-corrected chi connectivity index (χ4v) is 0.711. The zero-order valence-corrected chi connectivity index (χ0v) is 4.84. The van der Waals surface area contributed by atoms with Crippen LogP contribution >= 0.6 is 0 Å². The summed E-state index contributed by atoms with van der Waals surface area (Å²) in [6.07, 6.45) is 1.74. The van der Waals surface area contributed by atoms with Gasteiger partial charge in [-0.2, -0.15) is 0 Å². The maximum absolute atomic E-state index is 5.29. The number of ether oxygens (including phenoxy) is 1. The Hall–Kier alpha value is -0.570. The molecule has 0 aliphatic carbocycles. The van der Waals surface area contributed by atoms with Crippen LogP contribution < -0.4 is 5.73 Å². The molecule has 0 saturated heterocycles. The van der Waals surface area contributed by atoms with E-state index in [1.54, 1.807) is 6.40 Å². The Morgan fingerprint density at radius 3 is 3.12 bits per heavy atom. The van der Waals surface area contributed by atoms with E-state index in [4.69, 9.17) is 10.5 Å². The first-order valence-electron chi connectivity index (χ1n) is 2.82. The van der Waals surface area contributed by atoms with Gasteiger partial charge in [-0.15, -0.1) is 0 Å². The van der Waals surface area contributed by atoms with Crippen molar-refractivity contribution >= 4 is 6.40 Å². The van der Waals surface area contributed by atoms with Gasteiger partial charge in [-0.1, -0.05) is 0 Å². The summed E-state index contributed by atoms with van der Waals surface area (Å²) in [5.74, 6) is 0. The molecule has 8 heavy (non-hydrogen) atoms. The third kappa shape index (κ3) is 1.20. The second-order valence-corrected chi connectivity index (χ2v) is 1.80. The van der Waals surface area contributed by atoms with Gasteiger partial charge in [0.15, 0.2) is 19.7 Å². The number of rotatable bonds is 2. The SMILES string of the molecule is NCC[N+]1=COCC1. The van der Waals surface area contributed by atoms with Crippen LogP contribution in [-0.2, 0) is 4.74 Å². The maximum atomic E-state index is 5.29. The molecule has 0 radical (unpaired) electrons. The molecule has 0 amide bonds. The average molecular weight is 115 g/mol. The van der Waals surface area contributed by atoms with Crippen LogP contribution in [-0.4, -0.2) is 37.2 Å². The van der Waals surface area contributed by atoms with E-state index < -0.39 is 0 Å². The lowest BCUT2D eigenvalue weighted by atomic mass is 10.6. The molecule has 0 aromatic heterocycles. The van der Waals surface area contributed by atoms with Crippen molar-refractivity contribution in [1.82, 2.24) is 0 Å². The molecule has 46 valence electrons. The zero-order chi connectivity index (χ0) is 5.82. The third-order valence-electron chi connectivity index (χ3n) is 1.14. The molecule has 1 aliphatic rings. The molecule has 0 saturated carbocycles. The second-order valence-electron chi connectivity index (χ2n) is 1.80. The summed E-state index contributed by atoms with van der Waals surface area (Å²) in [5, 5.41) is 0. The molecule has 1 aliphatic heterocycles. The van der Waals surface area contributed by atoms with Gasteiger partial charge in [-0.3, -0.25) is 0 Å². The van der Waals surface area contributed by atoms with Crippen LogP contribution in [0.15, 0.2) is 0 Å². The molecular formula is C5H11N2O+. The van der Waals surface area contributed by atoms with Crippen LogP contribution in [0.1, 0.15) is 0 Å². The normalized spacial score (nSPS) is 17.9. The molecule has 3 heteroatoms. The summed E-state index contributed by atoms with van der Waals surface area (Å²) in [7, 11) is 0. The van der Waals surface area contributed by atoms with Crippen molar-refractivity contribution in [1.29, 1.82) is 0 Å². The molecule has 0 spiro atoms. The van der Waals surface area contributed by atoms with Crippen molar-refractivity contribution in [2.75, 3.05) is 26.2 Å². The van der Waals surface area contributed by atoms with Gasteiger partial charge in [-0.05, 0) is 0 Å². The topological polar surface area (TPSA) is 38.3 Å². The quantitative estimate of drug-likeness (QED) is 0.469. The van der Waals surface area contributed by atoms with Gasteiger partial charge in [0.1, 0.15) is 0 Å². The van der Waals surface area contributed by atoms with E-state index in [0.717, 1.165) is 19.7 Å². The van der Waals surface area contributed by atoms with Gasteiger partial charge in [0, 0.05) is 0 Å². The van der Waals surface area contributed by atoms with Gasteiger partial charge in [-0.25, -0.2) is 4.58 Å². The molecule has 0 aromatic carbocycles. The lowest BCUT2D eigenvalue weighted by Crippen LogP contribution is -2.19. The van der Waals surface area contributed by atoms with Gasteiger partial charge in [0.25, 0.3) is 0 Å². The largest absolute Gasteiger partial charge is 0.444 e. The lowest BCUT2D eigenvalue weighted by Gasteiger charge is -1.87. The summed E-state index contributed by atoms with van der Waals surface area (Å²) in [4.78, 5) is 0. The highest BCUT2D eigenvalue weighted by atomic mass is 16.5. The van der Waals surface area contributed by atoms with Crippen LogP contribution in [0.3, 0.4) is 0 Å². The Balaban J connectivity index is 2.23. The molecule has 1 rings (SSSR count). The highest BCUT2D eigenvalue weighted by molar-refractivity contribution is 5.40. The molecule has 0 atom stereocenters. The minimum atomic E-state index is 0.708. The number of hydrogen-bond donors (Lipinski definition) is 1. The van der Waals surface area contributed by atoms with E-state index in [0.29, 0.717) is 6.54 Å². The third-order valence-corrected chi connectivity index (χ3v) is 1.14. The Labute approximate surface area is 48.8 Å². The molecule has 0 aromatic rings. The fraction of sp³-hybridized carbons (Fsp3) is 0.800. The van der Waals surface area contributed by atoms with Crippen molar-refractivity contribution in [3.63, 3.8) is 0 Å². The molecule has 1 heterocycles. The molecule has 0 fully saturated rings. The summed E-state index contributed by atoms with van der Waals surface area (Å²) in [6.45, 7) is 3.44. The van der Waals surface area contributed by atoms with Gasteiger partial charge in [0.2, 0.25) is 0 Å². The number of hydrogen-bond acceptors (Lipinski definition) is 2. The summed E-state index contributed by atoms with van der Waals surface area (Å²) in [6, 6.07) is 0. The van der Waals surface area contributed by atoms with E-state index in [-0.39, 0.29) is 0 Å². The van der Waals surface area contributed by atoms with Crippen molar-refractivity contribution < 1.29 is 9.31 Å². The average Bonchev–Trinajstić information content (AvgIpc) is 2.19. The Bertz CT molecular complexity index is 101. The minimum Gasteiger partial charge on any atom is -0.444 e. The first-order valence-corrected chi connectivity index (χ1v) is 2.82. The highest BCUT2D eigenvalue weighted by Gasteiger charge is 2.08. The monoisotopic (exact) mass is 115 g/mol. The predicted molar refractivity (Wildman–Crippen MR) is 31.1 cm³/mol. The van der Waals surface area contributed by atoms with Crippen LogP contribution in [0.4, 0.5) is 0 Å². The highest BCUT2D eigenvalue weighted by Crippen LogP contribution is 1.83. The van der Waals surface area contributed by atoms with Crippen molar-refractivity contribution in [3.05, 3.63) is 0 Å². The first-order chi connectivity index (χ1) is 3.93. The van der Waals surface area contributed by atoms with Gasteiger partial charge < -0.3 is 10.5 Å². The van der Waals surface area contributed by atoms with Crippen molar-refractivity contribution in [2.24, 2.45) is 5.73 Å². The minimum absolute atomic E-state index is 0.708. The first kappa shape index (κ1) is 5.56. The van der Waals surface area contributed by atoms with Crippen molar-refractivity contribution in [2.45, 2.75) is 0 Å². The van der Waals surface area contributed by atoms with Gasteiger partial charge in [0.05, 0.1) is 6.54 Å². The van der Waals surface area contributed by atoms with E-state index in [1.165, 1.54) is 0 Å². The van der Waals surface area contributed by atoms with Crippen LogP contribution in [0, 0.1) is 0 Å². The van der Waals surface area contributed by atoms with Crippen molar-refractivity contribution in [3.8, 4) is 0 Å². The number of nitrogens with two attached hydrogens (primary N) is 1. The van der Waals surface area contributed by atoms with E-state index in [2.05, 4.69) is 4.58 Å². The van der Waals surface area contributed by atoms with E-state index >= 15 is 0 Å². The smallest absolute Gasteiger partial charge is 0.324 e. The standard InChI is InChI=1S/C5H11N2O/c6-1-2-7-3-4-8-5-7/h5H,1-4,6H2/q+1. The maximum Gasteiger partial charge on any atom is 0.324 e. The van der Waals surface area contributed by atoms with E-state index in [9.17, 15) is 0 Å². The zero-order valence-electron chi connectivity index (χ0n) is 4.84. The van der Waals surface area contributed by atoms with Gasteiger partial charge >= 0.3 is 6.40 Å².